The lowest BCUT2D eigenvalue weighted by Gasteiger charge is -2.34. The summed E-state index contributed by atoms with van der Waals surface area (Å²) < 4.78 is 1.83. The summed E-state index contributed by atoms with van der Waals surface area (Å²) in [6, 6.07) is 14.5. The van der Waals surface area contributed by atoms with E-state index in [2.05, 4.69) is 55.0 Å². The Morgan fingerprint density at radius 1 is 1.21 bits per heavy atom. The predicted molar refractivity (Wildman–Crippen MR) is 131 cm³/mol. The van der Waals surface area contributed by atoms with Crippen LogP contribution >= 0.6 is 0 Å². The van der Waals surface area contributed by atoms with Crippen molar-refractivity contribution in [2.45, 2.75) is 39.5 Å². The van der Waals surface area contributed by atoms with Gasteiger partial charge in [-0.3, -0.25) is 19.2 Å². The van der Waals surface area contributed by atoms with Crippen molar-refractivity contribution in [2.75, 3.05) is 38.3 Å². The molecule has 0 saturated carbocycles. The number of rotatable bonds is 5. The third kappa shape index (κ3) is 4.29. The largest absolute Gasteiger partial charge is 0.386 e. The molecule has 0 aliphatic carbocycles. The minimum atomic E-state index is -1.06. The maximum atomic E-state index is 13.8. The van der Waals surface area contributed by atoms with Crippen LogP contribution in [0.15, 0.2) is 42.5 Å². The highest BCUT2D eigenvalue weighted by Crippen LogP contribution is 2.32. The second kappa shape index (κ2) is 8.69. The van der Waals surface area contributed by atoms with Crippen LogP contribution in [0.4, 0.5) is 5.82 Å². The Morgan fingerprint density at radius 3 is 2.71 bits per heavy atom. The normalized spacial score (nSPS) is 21.0. The molecule has 8 heteroatoms. The van der Waals surface area contributed by atoms with Crippen molar-refractivity contribution in [1.82, 2.24) is 19.7 Å². The van der Waals surface area contributed by atoms with Gasteiger partial charge in [0.25, 0.3) is 5.91 Å². The molecule has 2 aliphatic heterocycles. The Balaban J connectivity index is 1.61. The molecule has 1 fully saturated rings. The van der Waals surface area contributed by atoms with E-state index in [0.717, 1.165) is 40.9 Å². The number of nitrogens with zero attached hydrogens (tertiary/aromatic N) is 5. The Kier molecular flexibility index (Phi) is 5.83. The minimum Gasteiger partial charge on any atom is -0.386 e. The molecule has 5 rings (SSSR count). The average molecular weight is 464 g/mol. The van der Waals surface area contributed by atoms with Crippen molar-refractivity contribution in [3.8, 4) is 0 Å². The summed E-state index contributed by atoms with van der Waals surface area (Å²) in [6.45, 7) is 9.00. The summed E-state index contributed by atoms with van der Waals surface area (Å²) in [6.07, 6.45) is 0. The summed E-state index contributed by atoms with van der Waals surface area (Å²) in [5.74, 6) is 1.06. The first kappa shape index (κ1) is 22.8. The molecule has 34 heavy (non-hydrogen) atoms. The molecular weight excluding hydrogens is 430 g/mol. The number of amides is 1. The lowest BCUT2D eigenvalue weighted by atomic mass is 10.0. The molecule has 1 atom stereocenters. The van der Waals surface area contributed by atoms with Crippen LogP contribution in [0.3, 0.4) is 0 Å². The van der Waals surface area contributed by atoms with Crippen molar-refractivity contribution >= 4 is 22.5 Å². The standard InChI is InChI=1S/C26H33N5O3/c1-18(2)12-29-17-28(4)14-22-23(25(32)31-15-26(3,33)16-34-31)30(27-24(22)29)13-20-10-7-9-19-8-5-6-11-21(19)20/h5-11,18,33H,12-17H2,1-4H3/t26-/m0/s1. The number of benzene rings is 2. The van der Waals surface area contributed by atoms with Gasteiger partial charge in [-0.05, 0) is 36.2 Å². The number of anilines is 1. The van der Waals surface area contributed by atoms with Gasteiger partial charge in [0.15, 0.2) is 5.82 Å². The van der Waals surface area contributed by atoms with E-state index in [9.17, 15) is 9.90 Å². The topological polar surface area (TPSA) is 74.1 Å². The van der Waals surface area contributed by atoms with Crippen LogP contribution in [0.1, 0.15) is 42.4 Å². The van der Waals surface area contributed by atoms with Gasteiger partial charge >= 0.3 is 0 Å². The van der Waals surface area contributed by atoms with E-state index < -0.39 is 5.60 Å². The first-order chi connectivity index (χ1) is 16.2. The quantitative estimate of drug-likeness (QED) is 0.627. The monoisotopic (exact) mass is 463 g/mol. The van der Waals surface area contributed by atoms with E-state index in [1.165, 1.54) is 5.06 Å². The molecule has 3 heterocycles. The average Bonchev–Trinajstić information content (AvgIpc) is 3.33. The van der Waals surface area contributed by atoms with Gasteiger partial charge in [0.2, 0.25) is 0 Å². The summed E-state index contributed by atoms with van der Waals surface area (Å²) >= 11 is 0. The van der Waals surface area contributed by atoms with Crippen LogP contribution in [0.25, 0.3) is 10.8 Å². The number of hydrogen-bond acceptors (Lipinski definition) is 6. The second-order valence-electron chi connectivity index (χ2n) is 10.3. The number of hydrogen-bond donors (Lipinski definition) is 1. The Morgan fingerprint density at radius 2 is 1.97 bits per heavy atom. The molecule has 180 valence electrons. The fourth-order valence-electron chi connectivity index (χ4n) is 4.96. The Bertz CT molecular complexity index is 1210. The SMILES string of the molecule is CC(C)CN1CN(C)Cc2c1nn(Cc1cccc3ccccc13)c2C(=O)N1C[C@](C)(O)CO1. The maximum absolute atomic E-state index is 13.8. The van der Waals surface area contributed by atoms with E-state index in [0.29, 0.717) is 24.7 Å². The van der Waals surface area contributed by atoms with Gasteiger partial charge < -0.3 is 10.0 Å². The summed E-state index contributed by atoms with van der Waals surface area (Å²) in [5.41, 5.74) is 1.48. The zero-order valence-electron chi connectivity index (χ0n) is 20.4. The molecule has 2 aliphatic rings. The van der Waals surface area contributed by atoms with Crippen molar-refractivity contribution in [1.29, 1.82) is 0 Å². The van der Waals surface area contributed by atoms with Gasteiger partial charge in [0, 0.05) is 18.7 Å². The van der Waals surface area contributed by atoms with Crippen LogP contribution in [0, 0.1) is 5.92 Å². The number of hydroxylamine groups is 2. The van der Waals surface area contributed by atoms with E-state index in [4.69, 9.17) is 9.94 Å². The van der Waals surface area contributed by atoms with Crippen molar-refractivity contribution in [2.24, 2.45) is 5.92 Å². The van der Waals surface area contributed by atoms with Crippen molar-refractivity contribution < 1.29 is 14.7 Å². The highest BCUT2D eigenvalue weighted by Gasteiger charge is 2.40. The van der Waals surface area contributed by atoms with Crippen molar-refractivity contribution in [3.63, 3.8) is 0 Å². The molecule has 1 N–H and O–H groups in total. The van der Waals surface area contributed by atoms with Crippen LogP contribution in [0.2, 0.25) is 0 Å². The molecular formula is C26H33N5O3. The second-order valence-corrected chi connectivity index (χ2v) is 10.3. The third-order valence-electron chi connectivity index (χ3n) is 6.40. The zero-order chi connectivity index (χ0) is 24.0. The van der Waals surface area contributed by atoms with Crippen LogP contribution < -0.4 is 4.90 Å². The van der Waals surface area contributed by atoms with Gasteiger partial charge in [0.05, 0.1) is 19.8 Å². The van der Waals surface area contributed by atoms with E-state index in [1.807, 2.05) is 22.9 Å². The third-order valence-corrected chi connectivity index (χ3v) is 6.40. The Hall–Kier alpha value is -2.94. The number of carbonyl (C=O) groups is 1. The molecule has 0 unspecified atom stereocenters. The summed E-state index contributed by atoms with van der Waals surface area (Å²) in [7, 11) is 2.06. The fraction of sp³-hybridized carbons (Fsp3) is 0.462. The lowest BCUT2D eigenvalue weighted by molar-refractivity contribution is -0.0804. The van der Waals surface area contributed by atoms with E-state index in [-0.39, 0.29) is 19.1 Å². The fourth-order valence-corrected chi connectivity index (χ4v) is 4.96. The first-order valence-corrected chi connectivity index (χ1v) is 11.9. The van der Waals surface area contributed by atoms with Gasteiger partial charge in [-0.15, -0.1) is 0 Å². The lowest BCUT2D eigenvalue weighted by Crippen LogP contribution is -2.42. The predicted octanol–water partition coefficient (Wildman–Crippen LogP) is 3.09. The van der Waals surface area contributed by atoms with Gasteiger partial charge in [-0.1, -0.05) is 56.3 Å². The zero-order valence-corrected chi connectivity index (χ0v) is 20.4. The molecule has 2 aromatic carbocycles. The van der Waals surface area contributed by atoms with Crippen LogP contribution in [0.5, 0.6) is 0 Å². The van der Waals surface area contributed by atoms with E-state index >= 15 is 0 Å². The van der Waals surface area contributed by atoms with Crippen LogP contribution in [-0.2, 0) is 17.9 Å². The first-order valence-electron chi connectivity index (χ1n) is 11.9. The Labute approximate surface area is 200 Å². The molecule has 0 radical (unpaired) electrons. The molecule has 8 nitrogen and oxygen atoms in total. The smallest absolute Gasteiger partial charge is 0.296 e. The van der Waals surface area contributed by atoms with E-state index in [1.54, 1.807) is 6.92 Å². The van der Waals surface area contributed by atoms with Crippen LogP contribution in [-0.4, -0.2) is 69.8 Å². The molecule has 3 aromatic rings. The summed E-state index contributed by atoms with van der Waals surface area (Å²) in [5, 5.41) is 19.0. The number of carbonyl (C=O) groups excluding carboxylic acids is 1. The molecule has 0 spiro atoms. The van der Waals surface area contributed by atoms with Gasteiger partial charge in [-0.25, -0.2) is 5.06 Å². The number of fused-ring (bicyclic) bond motifs is 2. The highest BCUT2D eigenvalue weighted by molar-refractivity contribution is 5.95. The molecule has 1 amide bonds. The summed E-state index contributed by atoms with van der Waals surface area (Å²) in [4.78, 5) is 23.8. The highest BCUT2D eigenvalue weighted by atomic mass is 16.7. The maximum Gasteiger partial charge on any atom is 0.296 e. The number of β-amino-alcohol motifs (C(OH)–C–C–N with tert-alkyl or cyclic N) is 1. The molecule has 1 aromatic heterocycles. The minimum absolute atomic E-state index is 0.0950. The van der Waals surface area contributed by atoms with Gasteiger partial charge in [0.1, 0.15) is 17.9 Å². The molecule has 0 bridgehead atoms. The molecule has 1 saturated heterocycles. The number of aromatic nitrogens is 2. The van der Waals surface area contributed by atoms with Crippen molar-refractivity contribution in [3.05, 3.63) is 59.3 Å². The van der Waals surface area contributed by atoms with Gasteiger partial charge in [-0.2, -0.15) is 5.10 Å². The number of aliphatic hydroxyl groups is 1.